The summed E-state index contributed by atoms with van der Waals surface area (Å²) in [6, 6.07) is 21.2. The summed E-state index contributed by atoms with van der Waals surface area (Å²) in [5.74, 6) is 0.372. The molecule has 0 amide bonds. The fourth-order valence-electron chi connectivity index (χ4n) is 2.35. The fourth-order valence-corrected chi connectivity index (χ4v) is 3.22. The zero-order valence-corrected chi connectivity index (χ0v) is 13.4. The first kappa shape index (κ1) is 14.3. The van der Waals surface area contributed by atoms with Crippen molar-refractivity contribution >= 4 is 32.6 Å². The zero-order valence-electron chi connectivity index (χ0n) is 10.9. The highest BCUT2D eigenvalue weighted by Gasteiger charge is 2.18. The van der Waals surface area contributed by atoms with Gasteiger partial charge in [-0.25, -0.2) is 4.57 Å². The van der Waals surface area contributed by atoms with Gasteiger partial charge in [0, 0.05) is 5.56 Å². The SMILES string of the molecule is O=P(O)(Br)Oc1ccccc1-c1cccc2ccccc12. The summed E-state index contributed by atoms with van der Waals surface area (Å²) < 4.78 is 16.6. The van der Waals surface area contributed by atoms with Crippen molar-refractivity contribution in [1.29, 1.82) is 0 Å². The van der Waals surface area contributed by atoms with Gasteiger partial charge in [-0.1, -0.05) is 60.7 Å². The molecule has 0 radical (unpaired) electrons. The van der Waals surface area contributed by atoms with Gasteiger partial charge in [0.2, 0.25) is 0 Å². The van der Waals surface area contributed by atoms with E-state index in [2.05, 4.69) is 15.5 Å². The van der Waals surface area contributed by atoms with E-state index in [-0.39, 0.29) is 0 Å². The summed E-state index contributed by atoms with van der Waals surface area (Å²) in [5, 5.41) is 2.18. The van der Waals surface area contributed by atoms with Crippen LogP contribution in [0.3, 0.4) is 0 Å². The molecule has 106 valence electrons. The second-order valence-corrected chi connectivity index (χ2v) is 8.34. The van der Waals surface area contributed by atoms with E-state index in [0.717, 1.165) is 21.9 Å². The third kappa shape index (κ3) is 3.18. The maximum atomic E-state index is 11.5. The van der Waals surface area contributed by atoms with Gasteiger partial charge in [-0.3, -0.25) is 0 Å². The van der Waals surface area contributed by atoms with Crippen molar-refractivity contribution in [1.82, 2.24) is 0 Å². The number of rotatable bonds is 3. The Labute approximate surface area is 130 Å². The molecule has 0 saturated heterocycles. The fraction of sp³-hybridized carbons (Fsp3) is 0. The largest absolute Gasteiger partial charge is 0.444 e. The highest BCUT2D eigenvalue weighted by atomic mass is 79.9. The molecule has 1 atom stereocenters. The maximum Gasteiger partial charge on any atom is 0.444 e. The lowest BCUT2D eigenvalue weighted by atomic mass is 9.98. The molecule has 1 N–H and O–H groups in total. The van der Waals surface area contributed by atoms with Gasteiger partial charge in [-0.05, 0) is 22.4 Å². The van der Waals surface area contributed by atoms with Gasteiger partial charge < -0.3 is 9.42 Å². The Balaban J connectivity index is 2.22. The molecule has 3 rings (SSSR count). The number of para-hydroxylation sites is 1. The monoisotopic (exact) mass is 362 g/mol. The van der Waals surface area contributed by atoms with E-state index in [4.69, 9.17) is 4.52 Å². The highest BCUT2D eigenvalue weighted by Crippen LogP contribution is 2.52. The molecule has 0 bridgehead atoms. The van der Waals surface area contributed by atoms with Crippen molar-refractivity contribution < 1.29 is 14.0 Å². The Morgan fingerprint density at radius 3 is 2.29 bits per heavy atom. The van der Waals surface area contributed by atoms with E-state index >= 15 is 0 Å². The summed E-state index contributed by atoms with van der Waals surface area (Å²) in [6.07, 6.45) is -3.78. The maximum absolute atomic E-state index is 11.5. The molecule has 0 spiro atoms. The number of halogens is 1. The number of hydrogen-bond acceptors (Lipinski definition) is 2. The Hall–Kier alpha value is -1.61. The molecule has 0 aliphatic rings. The smallest absolute Gasteiger partial charge is 0.416 e. The van der Waals surface area contributed by atoms with Crippen LogP contribution in [-0.4, -0.2) is 4.89 Å². The van der Waals surface area contributed by atoms with Crippen LogP contribution < -0.4 is 4.52 Å². The third-order valence-electron chi connectivity index (χ3n) is 3.18. The minimum absolute atomic E-state index is 0.372. The summed E-state index contributed by atoms with van der Waals surface area (Å²) >= 11 is 2.66. The average molecular weight is 363 g/mol. The van der Waals surface area contributed by atoms with E-state index in [9.17, 15) is 9.46 Å². The number of benzene rings is 3. The lowest BCUT2D eigenvalue weighted by Crippen LogP contribution is -1.89. The van der Waals surface area contributed by atoms with Gasteiger partial charge in [0.1, 0.15) is 5.75 Å². The molecule has 3 aromatic rings. The van der Waals surface area contributed by atoms with E-state index < -0.39 is 6.30 Å². The van der Waals surface area contributed by atoms with Crippen molar-refractivity contribution in [3.63, 3.8) is 0 Å². The van der Waals surface area contributed by atoms with Crippen molar-refractivity contribution in [2.75, 3.05) is 0 Å². The molecule has 21 heavy (non-hydrogen) atoms. The molecule has 0 fully saturated rings. The van der Waals surface area contributed by atoms with Gasteiger partial charge in [0.15, 0.2) is 0 Å². The van der Waals surface area contributed by atoms with Gasteiger partial charge in [0.25, 0.3) is 0 Å². The van der Waals surface area contributed by atoms with Gasteiger partial charge in [-0.15, -0.1) is 0 Å². The average Bonchev–Trinajstić information content (AvgIpc) is 2.46. The molecule has 0 heterocycles. The van der Waals surface area contributed by atoms with Crippen LogP contribution >= 0.6 is 21.8 Å². The molecular weight excluding hydrogens is 351 g/mol. The quantitative estimate of drug-likeness (QED) is 0.636. The molecule has 5 heteroatoms. The van der Waals surface area contributed by atoms with Crippen molar-refractivity contribution in [3.05, 3.63) is 66.7 Å². The lowest BCUT2D eigenvalue weighted by molar-refractivity contribution is 0.405. The molecular formula is C16H12BrO3P. The molecule has 3 nitrogen and oxygen atoms in total. The van der Waals surface area contributed by atoms with Gasteiger partial charge in [-0.2, -0.15) is 0 Å². The van der Waals surface area contributed by atoms with Crippen molar-refractivity contribution in [3.8, 4) is 16.9 Å². The van der Waals surface area contributed by atoms with Crippen LogP contribution in [0.4, 0.5) is 0 Å². The minimum Gasteiger partial charge on any atom is -0.416 e. The van der Waals surface area contributed by atoms with Crippen LogP contribution in [0, 0.1) is 0 Å². The van der Waals surface area contributed by atoms with Crippen LogP contribution in [0.1, 0.15) is 0 Å². The summed E-state index contributed by atoms with van der Waals surface area (Å²) in [4.78, 5) is 9.41. The van der Waals surface area contributed by atoms with Crippen LogP contribution in [0.2, 0.25) is 0 Å². The van der Waals surface area contributed by atoms with Crippen LogP contribution in [0.25, 0.3) is 21.9 Å². The zero-order chi connectivity index (χ0) is 14.9. The Bertz CT molecular complexity index is 836. The highest BCUT2D eigenvalue weighted by molar-refractivity contribution is 9.39. The second-order valence-electron chi connectivity index (χ2n) is 4.57. The minimum atomic E-state index is -3.78. The first-order valence-corrected chi connectivity index (χ1v) is 9.93. The van der Waals surface area contributed by atoms with Gasteiger partial charge >= 0.3 is 6.30 Å². The molecule has 0 saturated carbocycles. The van der Waals surface area contributed by atoms with Gasteiger partial charge in [0.05, 0.1) is 15.5 Å². The first-order valence-electron chi connectivity index (χ1n) is 6.34. The Morgan fingerprint density at radius 1 is 0.857 bits per heavy atom. The molecule has 0 aromatic heterocycles. The van der Waals surface area contributed by atoms with E-state index in [1.54, 1.807) is 12.1 Å². The van der Waals surface area contributed by atoms with Crippen LogP contribution in [0.15, 0.2) is 66.7 Å². The summed E-state index contributed by atoms with van der Waals surface area (Å²) in [6.45, 7) is 0. The van der Waals surface area contributed by atoms with E-state index in [1.807, 2.05) is 54.6 Å². The standard InChI is InChI=1S/C16H12BrO3P/c17-21(18,19)20-16-11-4-3-9-15(16)14-10-5-7-12-6-1-2-8-13(12)14/h1-11H,(H,18,19). The Kier molecular flexibility index (Phi) is 3.85. The normalized spacial score (nSPS) is 13.8. The molecule has 0 aliphatic carbocycles. The Morgan fingerprint density at radius 2 is 1.48 bits per heavy atom. The predicted octanol–water partition coefficient (Wildman–Crippen LogP) is 5.38. The number of hydrogen-bond donors (Lipinski definition) is 1. The topological polar surface area (TPSA) is 46.5 Å². The van der Waals surface area contributed by atoms with E-state index in [0.29, 0.717) is 5.75 Å². The van der Waals surface area contributed by atoms with Crippen molar-refractivity contribution in [2.24, 2.45) is 0 Å². The second kappa shape index (κ2) is 5.64. The van der Waals surface area contributed by atoms with Crippen molar-refractivity contribution in [2.45, 2.75) is 0 Å². The first-order chi connectivity index (χ1) is 10.0. The van der Waals surface area contributed by atoms with E-state index in [1.165, 1.54) is 0 Å². The third-order valence-corrected chi connectivity index (χ3v) is 4.03. The molecule has 3 aromatic carbocycles. The molecule has 0 aliphatic heterocycles. The number of fused-ring (bicyclic) bond motifs is 1. The van der Waals surface area contributed by atoms with Crippen LogP contribution in [0.5, 0.6) is 5.75 Å². The molecule has 1 unspecified atom stereocenters. The predicted molar refractivity (Wildman–Crippen MR) is 88.8 cm³/mol. The lowest BCUT2D eigenvalue weighted by Gasteiger charge is -2.13. The van der Waals surface area contributed by atoms with Crippen LogP contribution in [-0.2, 0) is 4.57 Å². The summed E-state index contributed by atoms with van der Waals surface area (Å²) in [5.41, 5.74) is 1.74. The summed E-state index contributed by atoms with van der Waals surface area (Å²) in [7, 11) is 0.